The Morgan fingerprint density at radius 3 is 1.93 bits per heavy atom. The zero-order chi connectivity index (χ0) is 11.2. The Morgan fingerprint density at radius 1 is 1.14 bits per heavy atom. The normalized spacial score (nSPS) is 13.3. The predicted molar refractivity (Wildman–Crippen MR) is 47.2 cm³/mol. The van der Waals surface area contributed by atoms with Gasteiger partial charge >= 0.3 is 5.97 Å². The van der Waals surface area contributed by atoms with E-state index < -0.39 is 18.4 Å². The number of ether oxygens (including phenoxy) is 3. The highest BCUT2D eigenvalue weighted by atomic mass is 16.8. The van der Waals surface area contributed by atoms with Gasteiger partial charge in [0.1, 0.15) is 6.61 Å². The van der Waals surface area contributed by atoms with Crippen molar-refractivity contribution in [3.8, 4) is 0 Å². The molecule has 0 aromatic heterocycles. The quantitative estimate of drug-likeness (QED) is 0.469. The second-order valence-electron chi connectivity index (χ2n) is 2.78. The van der Waals surface area contributed by atoms with Gasteiger partial charge in [-0.3, -0.25) is 0 Å². The van der Waals surface area contributed by atoms with Gasteiger partial charge < -0.3 is 29.5 Å². The minimum absolute atomic E-state index is 0.113. The van der Waals surface area contributed by atoms with Crippen LogP contribution in [-0.4, -0.2) is 54.5 Å². The van der Waals surface area contributed by atoms with Crippen molar-refractivity contribution in [1.29, 1.82) is 0 Å². The smallest absolute Gasteiger partial charge is 0.338 e. The maximum Gasteiger partial charge on any atom is 0.338 e. The van der Waals surface area contributed by atoms with Crippen molar-refractivity contribution < 1.29 is 29.5 Å². The first-order valence-corrected chi connectivity index (χ1v) is 4.29. The van der Waals surface area contributed by atoms with Crippen molar-refractivity contribution in [2.75, 3.05) is 27.4 Å². The van der Waals surface area contributed by atoms with Crippen LogP contribution in [0.4, 0.5) is 0 Å². The Morgan fingerprint density at radius 2 is 1.64 bits per heavy atom. The van der Waals surface area contributed by atoms with Crippen LogP contribution in [0.2, 0.25) is 0 Å². The maximum absolute atomic E-state index is 9.48. The highest BCUT2D eigenvalue weighted by Crippen LogP contribution is 2.25. The molecule has 0 radical (unpaired) electrons. The molecule has 0 aliphatic rings. The molecule has 14 heavy (non-hydrogen) atoms. The molecule has 0 bridgehead atoms. The lowest BCUT2D eigenvalue weighted by Gasteiger charge is -2.38. The van der Waals surface area contributed by atoms with Gasteiger partial charge in [0.2, 0.25) is 0 Å². The molecule has 0 amide bonds. The molecular weight excluding hydrogens is 192 g/mol. The molecule has 86 valence electrons. The van der Waals surface area contributed by atoms with Gasteiger partial charge in [-0.25, -0.2) is 0 Å². The zero-order valence-electron chi connectivity index (χ0n) is 8.69. The number of methoxy groups -OCH3 is 2. The van der Waals surface area contributed by atoms with Gasteiger partial charge in [0.15, 0.2) is 0 Å². The van der Waals surface area contributed by atoms with E-state index in [9.17, 15) is 10.2 Å². The van der Waals surface area contributed by atoms with Gasteiger partial charge in [0.05, 0.1) is 6.61 Å². The molecule has 0 spiro atoms. The number of aliphatic hydroxyl groups excluding tert-OH is 1. The van der Waals surface area contributed by atoms with Crippen LogP contribution in [-0.2, 0) is 14.2 Å². The fraction of sp³-hybridized carbons (Fsp3) is 1.00. The average molecular weight is 210 g/mol. The van der Waals surface area contributed by atoms with Gasteiger partial charge in [-0.2, -0.15) is 0 Å². The van der Waals surface area contributed by atoms with Crippen LogP contribution in [0.15, 0.2) is 0 Å². The monoisotopic (exact) mass is 210 g/mol. The maximum atomic E-state index is 9.48. The summed E-state index contributed by atoms with van der Waals surface area (Å²) in [5, 5.41) is 27.9. The summed E-state index contributed by atoms with van der Waals surface area (Å²) in [5.74, 6) is -4.66. The number of rotatable bonds is 7. The summed E-state index contributed by atoms with van der Waals surface area (Å²) in [5.41, 5.74) is 0. The van der Waals surface area contributed by atoms with Crippen LogP contribution >= 0.6 is 0 Å². The number of hydrogen-bond donors (Lipinski definition) is 3. The molecule has 0 saturated heterocycles. The molecule has 6 nitrogen and oxygen atoms in total. The Balaban J connectivity index is 4.60. The zero-order valence-corrected chi connectivity index (χ0v) is 8.69. The molecule has 0 rings (SSSR count). The van der Waals surface area contributed by atoms with Crippen LogP contribution in [0.25, 0.3) is 0 Å². The van der Waals surface area contributed by atoms with Crippen LogP contribution in [0.1, 0.15) is 13.3 Å². The van der Waals surface area contributed by atoms with Crippen molar-refractivity contribution >= 4 is 0 Å². The largest absolute Gasteiger partial charge is 0.390 e. The second kappa shape index (κ2) is 5.59. The molecule has 0 heterocycles. The first-order valence-electron chi connectivity index (χ1n) is 4.29. The van der Waals surface area contributed by atoms with E-state index in [1.54, 1.807) is 6.92 Å². The number of hydrogen-bond acceptors (Lipinski definition) is 6. The molecule has 3 N–H and O–H groups in total. The van der Waals surface area contributed by atoms with Crippen molar-refractivity contribution in [2.45, 2.75) is 25.1 Å². The summed E-state index contributed by atoms with van der Waals surface area (Å²) in [4.78, 5) is 0. The summed E-state index contributed by atoms with van der Waals surface area (Å²) in [6, 6.07) is 0. The van der Waals surface area contributed by atoms with Gasteiger partial charge in [-0.1, -0.05) is 6.92 Å². The Bertz CT molecular complexity index is 146. The van der Waals surface area contributed by atoms with E-state index >= 15 is 0 Å². The summed E-state index contributed by atoms with van der Waals surface area (Å²) in [6.07, 6.45) is 0.595. The molecule has 0 aliphatic heterocycles. The first-order chi connectivity index (χ1) is 6.49. The van der Waals surface area contributed by atoms with E-state index in [1.807, 2.05) is 0 Å². The van der Waals surface area contributed by atoms with Gasteiger partial charge in [0, 0.05) is 14.2 Å². The summed E-state index contributed by atoms with van der Waals surface area (Å²) >= 11 is 0. The SMILES string of the molecule is CCCOC(O)(O)C(CO)(OC)OC. The van der Waals surface area contributed by atoms with E-state index in [0.29, 0.717) is 6.42 Å². The molecule has 0 unspecified atom stereocenters. The summed E-state index contributed by atoms with van der Waals surface area (Å²) in [6.45, 7) is 1.18. The third-order valence-electron chi connectivity index (χ3n) is 1.87. The molecule has 0 fully saturated rings. The third kappa shape index (κ3) is 2.63. The van der Waals surface area contributed by atoms with Gasteiger partial charge in [0.25, 0.3) is 5.79 Å². The van der Waals surface area contributed by atoms with Crippen molar-refractivity contribution in [3.63, 3.8) is 0 Å². The Hall–Kier alpha value is -0.240. The fourth-order valence-corrected chi connectivity index (χ4v) is 0.936. The highest BCUT2D eigenvalue weighted by Gasteiger charge is 2.52. The van der Waals surface area contributed by atoms with Crippen molar-refractivity contribution in [3.05, 3.63) is 0 Å². The lowest BCUT2D eigenvalue weighted by molar-refractivity contribution is -0.473. The fourth-order valence-electron chi connectivity index (χ4n) is 0.936. The highest BCUT2D eigenvalue weighted by molar-refractivity contribution is 4.77. The van der Waals surface area contributed by atoms with E-state index in [-0.39, 0.29) is 6.61 Å². The predicted octanol–water partition coefficient (Wildman–Crippen LogP) is -0.967. The standard InChI is InChI=1S/C8H18O6/c1-4-5-14-8(10,11)7(6-9,12-2)13-3/h9-11H,4-6H2,1-3H3. The van der Waals surface area contributed by atoms with Crippen LogP contribution < -0.4 is 0 Å². The van der Waals surface area contributed by atoms with Gasteiger partial charge in [-0.05, 0) is 6.42 Å². The molecule has 0 saturated carbocycles. The Kier molecular flexibility index (Phi) is 5.50. The molecule has 6 heteroatoms. The van der Waals surface area contributed by atoms with Crippen LogP contribution in [0.5, 0.6) is 0 Å². The van der Waals surface area contributed by atoms with Gasteiger partial charge in [-0.15, -0.1) is 0 Å². The van der Waals surface area contributed by atoms with E-state index in [4.69, 9.17) is 19.3 Å². The third-order valence-corrected chi connectivity index (χ3v) is 1.87. The minimum atomic E-state index is -2.68. The molecule has 0 atom stereocenters. The Labute approximate surface area is 83.0 Å². The van der Waals surface area contributed by atoms with E-state index in [0.717, 1.165) is 0 Å². The molecule has 0 aromatic carbocycles. The first kappa shape index (κ1) is 13.8. The van der Waals surface area contributed by atoms with Crippen molar-refractivity contribution in [2.24, 2.45) is 0 Å². The van der Waals surface area contributed by atoms with Crippen LogP contribution in [0, 0.1) is 0 Å². The second-order valence-corrected chi connectivity index (χ2v) is 2.78. The summed E-state index contributed by atoms with van der Waals surface area (Å²) < 4.78 is 14.1. The topological polar surface area (TPSA) is 88.4 Å². The summed E-state index contributed by atoms with van der Waals surface area (Å²) in [7, 11) is 2.35. The van der Waals surface area contributed by atoms with Crippen LogP contribution in [0.3, 0.4) is 0 Å². The van der Waals surface area contributed by atoms with Crippen molar-refractivity contribution in [1.82, 2.24) is 0 Å². The lowest BCUT2D eigenvalue weighted by atomic mass is 10.2. The minimum Gasteiger partial charge on any atom is -0.390 e. The molecule has 0 aliphatic carbocycles. The number of aliphatic hydroxyl groups is 3. The lowest BCUT2D eigenvalue weighted by Crippen LogP contribution is -2.61. The average Bonchev–Trinajstić information content (AvgIpc) is 2.18. The van der Waals surface area contributed by atoms with E-state index in [1.165, 1.54) is 14.2 Å². The molecular formula is C8H18O6. The molecule has 0 aromatic rings. The van der Waals surface area contributed by atoms with E-state index in [2.05, 4.69) is 0 Å².